The molecule has 0 aliphatic carbocycles. The third-order valence-electron chi connectivity index (χ3n) is 5.50. The van der Waals surface area contributed by atoms with E-state index in [4.69, 9.17) is 9.47 Å². The number of aromatic nitrogens is 1. The Morgan fingerprint density at radius 3 is 2.63 bits per heavy atom. The molecule has 2 aliphatic heterocycles. The molecule has 1 saturated heterocycles. The summed E-state index contributed by atoms with van der Waals surface area (Å²) in [5.41, 5.74) is 1.84. The summed E-state index contributed by atoms with van der Waals surface area (Å²) in [6.45, 7) is 2.96. The van der Waals surface area contributed by atoms with Crippen molar-refractivity contribution in [2.45, 2.75) is 31.7 Å². The largest absolute Gasteiger partial charge is 0.454 e. The fourth-order valence-corrected chi connectivity index (χ4v) is 3.98. The lowest BCUT2D eigenvalue weighted by molar-refractivity contribution is 0.0931. The maximum absolute atomic E-state index is 12.7. The molecule has 6 nitrogen and oxygen atoms in total. The number of hydrogen-bond acceptors (Lipinski definition) is 4. The van der Waals surface area contributed by atoms with Crippen LogP contribution in [0.2, 0.25) is 0 Å². The van der Waals surface area contributed by atoms with E-state index in [9.17, 15) is 4.79 Å². The van der Waals surface area contributed by atoms with Gasteiger partial charge in [-0.3, -0.25) is 9.69 Å². The van der Waals surface area contributed by atoms with Crippen LogP contribution in [0.5, 0.6) is 11.5 Å². The lowest BCUT2D eigenvalue weighted by Gasteiger charge is -2.31. The molecule has 144 valence electrons. The third-order valence-corrected chi connectivity index (χ3v) is 5.50. The zero-order chi connectivity index (χ0) is 18.6. The van der Waals surface area contributed by atoms with Crippen LogP contribution >= 0.6 is 0 Å². The van der Waals surface area contributed by atoms with Crippen LogP contribution in [0.25, 0.3) is 0 Å². The van der Waals surface area contributed by atoms with E-state index in [1.165, 1.54) is 31.4 Å². The summed E-state index contributed by atoms with van der Waals surface area (Å²) >= 11 is 0. The van der Waals surface area contributed by atoms with E-state index in [2.05, 4.69) is 40.2 Å². The lowest BCUT2D eigenvalue weighted by Crippen LogP contribution is -2.39. The van der Waals surface area contributed by atoms with Crippen molar-refractivity contribution < 1.29 is 14.3 Å². The molecule has 1 N–H and O–H groups in total. The Bertz CT molecular complexity index is 794. The van der Waals surface area contributed by atoms with Crippen LogP contribution < -0.4 is 14.8 Å². The summed E-state index contributed by atoms with van der Waals surface area (Å²) < 4.78 is 12.9. The average molecular weight is 369 g/mol. The topological polar surface area (TPSA) is 55.7 Å². The number of fused-ring (bicyclic) bond motifs is 1. The van der Waals surface area contributed by atoms with Crippen molar-refractivity contribution in [1.29, 1.82) is 0 Å². The Balaban J connectivity index is 1.48. The van der Waals surface area contributed by atoms with E-state index >= 15 is 0 Å². The number of ether oxygens (including phenoxy) is 2. The summed E-state index contributed by atoms with van der Waals surface area (Å²) in [5.74, 6) is 1.24. The predicted octanol–water partition coefficient (Wildman–Crippen LogP) is 3.10. The first-order chi connectivity index (χ1) is 13.2. The third kappa shape index (κ3) is 3.95. The Morgan fingerprint density at radius 2 is 1.89 bits per heavy atom. The zero-order valence-electron chi connectivity index (χ0n) is 15.8. The molecule has 2 aliphatic rings. The van der Waals surface area contributed by atoms with Crippen molar-refractivity contribution >= 4 is 5.91 Å². The fraction of sp³-hybridized carbons (Fsp3) is 0.476. The Morgan fingerprint density at radius 1 is 1.11 bits per heavy atom. The fourth-order valence-electron chi connectivity index (χ4n) is 3.98. The van der Waals surface area contributed by atoms with Gasteiger partial charge in [-0.2, -0.15) is 0 Å². The number of benzene rings is 1. The number of carbonyl (C=O) groups is 1. The van der Waals surface area contributed by atoms with Gasteiger partial charge in [0.2, 0.25) is 6.79 Å². The number of carbonyl (C=O) groups excluding carboxylic acids is 1. The molecular weight excluding hydrogens is 342 g/mol. The van der Waals surface area contributed by atoms with Crippen molar-refractivity contribution in [2.75, 3.05) is 26.4 Å². The van der Waals surface area contributed by atoms with E-state index in [1.807, 2.05) is 0 Å². The maximum Gasteiger partial charge on any atom is 0.251 e. The predicted molar refractivity (Wildman–Crippen MR) is 103 cm³/mol. The van der Waals surface area contributed by atoms with Crippen molar-refractivity contribution in [3.63, 3.8) is 0 Å². The number of aryl methyl sites for hydroxylation is 1. The highest BCUT2D eigenvalue weighted by atomic mass is 16.7. The van der Waals surface area contributed by atoms with Gasteiger partial charge in [-0.15, -0.1) is 0 Å². The van der Waals surface area contributed by atoms with E-state index in [1.54, 1.807) is 18.2 Å². The maximum atomic E-state index is 12.7. The van der Waals surface area contributed by atoms with Gasteiger partial charge in [0.05, 0.1) is 6.04 Å². The van der Waals surface area contributed by atoms with Crippen LogP contribution in [0.3, 0.4) is 0 Å². The molecular formula is C21H27N3O3. The second-order valence-electron chi connectivity index (χ2n) is 7.29. The molecule has 1 aromatic heterocycles. The van der Waals surface area contributed by atoms with Crippen molar-refractivity contribution in [3.05, 3.63) is 47.8 Å². The molecule has 0 radical (unpaired) electrons. The quantitative estimate of drug-likeness (QED) is 0.880. The van der Waals surface area contributed by atoms with Crippen molar-refractivity contribution in [1.82, 2.24) is 14.8 Å². The monoisotopic (exact) mass is 369 g/mol. The summed E-state index contributed by atoms with van der Waals surface area (Å²) in [6, 6.07) is 9.73. The van der Waals surface area contributed by atoms with Crippen LogP contribution in [0, 0.1) is 0 Å². The van der Waals surface area contributed by atoms with E-state index in [0.29, 0.717) is 23.6 Å². The van der Waals surface area contributed by atoms with Crippen LogP contribution in [0.4, 0.5) is 0 Å². The minimum absolute atomic E-state index is 0.0812. The van der Waals surface area contributed by atoms with Gasteiger partial charge >= 0.3 is 0 Å². The standard InChI is InChI=1S/C21H27N3O3/c1-23-10-6-7-17(23)18(24-11-4-2-3-5-12-24)14-22-21(25)16-8-9-19-20(13-16)27-15-26-19/h6-10,13,18H,2-5,11-12,14-15H2,1H3,(H,22,25)/t18-/m0/s1. The van der Waals surface area contributed by atoms with E-state index in [-0.39, 0.29) is 18.7 Å². The number of amides is 1. The van der Waals surface area contributed by atoms with Crippen LogP contribution in [-0.4, -0.2) is 41.8 Å². The van der Waals surface area contributed by atoms with Gasteiger partial charge in [0.25, 0.3) is 5.91 Å². The van der Waals surface area contributed by atoms with Gasteiger partial charge in [-0.25, -0.2) is 0 Å². The summed E-state index contributed by atoms with van der Waals surface area (Å²) in [7, 11) is 2.07. The van der Waals surface area contributed by atoms with Gasteiger partial charge in [-0.05, 0) is 56.3 Å². The summed E-state index contributed by atoms with van der Waals surface area (Å²) in [6.07, 6.45) is 7.09. The van der Waals surface area contributed by atoms with Gasteiger partial charge in [0, 0.05) is 31.0 Å². The first-order valence-corrected chi connectivity index (χ1v) is 9.75. The Labute approximate surface area is 160 Å². The van der Waals surface area contributed by atoms with Crippen molar-refractivity contribution in [3.8, 4) is 11.5 Å². The van der Waals surface area contributed by atoms with Crippen LogP contribution in [0.1, 0.15) is 47.8 Å². The number of rotatable bonds is 5. The molecule has 2 aromatic rings. The molecule has 4 rings (SSSR count). The Kier molecular flexibility index (Phi) is 5.34. The summed E-state index contributed by atoms with van der Waals surface area (Å²) in [5, 5.41) is 3.13. The van der Waals surface area contributed by atoms with E-state index < -0.39 is 0 Å². The molecule has 0 bridgehead atoms. The normalized spacial score (nSPS) is 18.1. The second kappa shape index (κ2) is 8.05. The first-order valence-electron chi connectivity index (χ1n) is 9.75. The molecule has 0 unspecified atom stereocenters. The number of likely N-dealkylation sites (tertiary alicyclic amines) is 1. The highest BCUT2D eigenvalue weighted by Crippen LogP contribution is 2.32. The molecule has 0 spiro atoms. The minimum Gasteiger partial charge on any atom is -0.454 e. The van der Waals surface area contributed by atoms with Crippen LogP contribution in [-0.2, 0) is 7.05 Å². The van der Waals surface area contributed by atoms with Crippen LogP contribution in [0.15, 0.2) is 36.5 Å². The first kappa shape index (κ1) is 17.9. The number of nitrogens with zero attached hydrogens (tertiary/aromatic N) is 2. The second-order valence-corrected chi connectivity index (χ2v) is 7.29. The van der Waals surface area contributed by atoms with E-state index in [0.717, 1.165) is 13.1 Å². The molecule has 3 heterocycles. The molecule has 1 aromatic carbocycles. The molecule has 1 amide bonds. The minimum atomic E-state index is -0.0812. The molecule has 27 heavy (non-hydrogen) atoms. The number of nitrogens with one attached hydrogen (secondary N) is 1. The molecule has 0 saturated carbocycles. The molecule has 6 heteroatoms. The highest BCUT2D eigenvalue weighted by Gasteiger charge is 2.24. The van der Waals surface area contributed by atoms with Gasteiger partial charge in [0.1, 0.15) is 0 Å². The Hall–Kier alpha value is -2.47. The number of hydrogen-bond donors (Lipinski definition) is 1. The zero-order valence-corrected chi connectivity index (χ0v) is 15.8. The smallest absolute Gasteiger partial charge is 0.251 e. The highest BCUT2D eigenvalue weighted by molar-refractivity contribution is 5.94. The SMILES string of the molecule is Cn1cccc1[C@H](CNC(=O)c1ccc2c(c1)OCO2)N1CCCCCC1. The summed E-state index contributed by atoms with van der Waals surface area (Å²) in [4.78, 5) is 15.2. The van der Waals surface area contributed by atoms with Gasteiger partial charge < -0.3 is 19.4 Å². The molecule has 1 fully saturated rings. The van der Waals surface area contributed by atoms with Crippen molar-refractivity contribution in [2.24, 2.45) is 7.05 Å². The lowest BCUT2D eigenvalue weighted by atomic mass is 10.1. The van der Waals surface area contributed by atoms with Gasteiger partial charge in [-0.1, -0.05) is 12.8 Å². The average Bonchev–Trinajstić information content (AvgIpc) is 3.23. The van der Waals surface area contributed by atoms with Gasteiger partial charge in [0.15, 0.2) is 11.5 Å². The molecule has 1 atom stereocenters.